The van der Waals surface area contributed by atoms with Gasteiger partial charge in [-0.15, -0.1) is 0 Å². The van der Waals surface area contributed by atoms with Crippen molar-refractivity contribution in [2.75, 3.05) is 6.61 Å². The highest BCUT2D eigenvalue weighted by Gasteiger charge is 2.16. The highest BCUT2D eigenvalue weighted by atomic mass is 79.9. The summed E-state index contributed by atoms with van der Waals surface area (Å²) in [5, 5.41) is 8.79. The minimum Gasteiger partial charge on any atom is -0.490 e. The SMILES string of the molecule is CC(C)CCOc1ccc(C(=O)O)c(Br)c1F. The fraction of sp³-hybridized carbons (Fsp3) is 0.417. The predicted octanol–water partition coefficient (Wildman–Crippen LogP) is 3.71. The van der Waals surface area contributed by atoms with Crippen LogP contribution in [0, 0.1) is 11.7 Å². The third kappa shape index (κ3) is 3.70. The molecule has 0 aliphatic carbocycles. The molecule has 1 N–H and O–H groups in total. The molecule has 1 rings (SSSR count). The normalized spacial score (nSPS) is 10.6. The summed E-state index contributed by atoms with van der Waals surface area (Å²) in [6, 6.07) is 2.66. The lowest BCUT2D eigenvalue weighted by Gasteiger charge is -2.10. The van der Waals surface area contributed by atoms with Crippen LogP contribution in [-0.4, -0.2) is 17.7 Å². The molecule has 0 bridgehead atoms. The number of rotatable bonds is 5. The molecule has 17 heavy (non-hydrogen) atoms. The van der Waals surface area contributed by atoms with Crippen LogP contribution in [0.1, 0.15) is 30.6 Å². The van der Waals surface area contributed by atoms with E-state index in [0.29, 0.717) is 12.5 Å². The molecule has 0 saturated heterocycles. The number of carbonyl (C=O) groups is 1. The van der Waals surface area contributed by atoms with Gasteiger partial charge in [0.05, 0.1) is 16.6 Å². The van der Waals surface area contributed by atoms with Gasteiger partial charge in [-0.1, -0.05) is 13.8 Å². The third-order valence-electron chi connectivity index (χ3n) is 2.23. The van der Waals surface area contributed by atoms with Crippen molar-refractivity contribution < 1.29 is 19.0 Å². The quantitative estimate of drug-likeness (QED) is 0.902. The predicted molar refractivity (Wildman–Crippen MR) is 66.0 cm³/mol. The van der Waals surface area contributed by atoms with Crippen molar-refractivity contribution in [1.82, 2.24) is 0 Å². The van der Waals surface area contributed by atoms with Gasteiger partial charge in [0.1, 0.15) is 0 Å². The minimum atomic E-state index is -1.18. The topological polar surface area (TPSA) is 46.5 Å². The Labute approximate surface area is 108 Å². The van der Waals surface area contributed by atoms with E-state index in [4.69, 9.17) is 9.84 Å². The molecule has 94 valence electrons. The number of aromatic carboxylic acids is 1. The average Bonchev–Trinajstić information content (AvgIpc) is 2.23. The number of ether oxygens (including phenoxy) is 1. The van der Waals surface area contributed by atoms with Crippen LogP contribution in [0.4, 0.5) is 4.39 Å². The fourth-order valence-electron chi connectivity index (χ4n) is 1.21. The second-order valence-corrected chi connectivity index (χ2v) is 4.87. The molecule has 0 saturated carbocycles. The van der Waals surface area contributed by atoms with Crippen LogP contribution in [-0.2, 0) is 0 Å². The van der Waals surface area contributed by atoms with Crippen LogP contribution in [0.5, 0.6) is 5.75 Å². The Balaban J connectivity index is 2.82. The Morgan fingerprint density at radius 2 is 2.18 bits per heavy atom. The molecule has 0 amide bonds. The van der Waals surface area contributed by atoms with E-state index in [1.54, 1.807) is 0 Å². The number of benzene rings is 1. The maximum atomic E-state index is 13.7. The zero-order valence-electron chi connectivity index (χ0n) is 9.67. The first-order chi connectivity index (χ1) is 7.93. The van der Waals surface area contributed by atoms with E-state index in [2.05, 4.69) is 15.9 Å². The molecule has 0 aromatic heterocycles. The summed E-state index contributed by atoms with van der Waals surface area (Å²) < 4.78 is 18.9. The van der Waals surface area contributed by atoms with Crippen LogP contribution in [0.25, 0.3) is 0 Å². The molecule has 0 atom stereocenters. The Hall–Kier alpha value is -1.10. The van der Waals surface area contributed by atoms with Gasteiger partial charge in [0.15, 0.2) is 11.6 Å². The van der Waals surface area contributed by atoms with E-state index in [-0.39, 0.29) is 15.8 Å². The molecule has 0 spiro atoms. The van der Waals surface area contributed by atoms with Crippen molar-refractivity contribution >= 4 is 21.9 Å². The molecule has 0 heterocycles. The minimum absolute atomic E-state index is 0.0718. The Morgan fingerprint density at radius 3 is 2.71 bits per heavy atom. The van der Waals surface area contributed by atoms with Crippen LogP contribution in [0.2, 0.25) is 0 Å². The summed E-state index contributed by atoms with van der Waals surface area (Å²) in [5.74, 6) is -1.31. The molecule has 0 radical (unpaired) electrons. The molecule has 0 fully saturated rings. The van der Waals surface area contributed by atoms with Gasteiger partial charge >= 0.3 is 5.97 Å². The van der Waals surface area contributed by atoms with E-state index < -0.39 is 11.8 Å². The lowest BCUT2D eigenvalue weighted by Crippen LogP contribution is -2.05. The zero-order valence-corrected chi connectivity index (χ0v) is 11.3. The molecular weight excluding hydrogens is 291 g/mol. The standard InChI is InChI=1S/C12H14BrFO3/c1-7(2)5-6-17-9-4-3-8(12(15)16)10(13)11(9)14/h3-4,7H,5-6H2,1-2H3,(H,15,16). The molecule has 1 aromatic rings. The largest absolute Gasteiger partial charge is 0.490 e. The number of hydrogen-bond donors (Lipinski definition) is 1. The lowest BCUT2D eigenvalue weighted by molar-refractivity contribution is 0.0695. The summed E-state index contributed by atoms with van der Waals surface area (Å²) in [4.78, 5) is 10.8. The molecule has 1 aromatic carbocycles. The van der Waals surface area contributed by atoms with Gasteiger partial charge in [0.2, 0.25) is 0 Å². The Bertz CT molecular complexity index is 418. The highest BCUT2D eigenvalue weighted by molar-refractivity contribution is 9.10. The second kappa shape index (κ2) is 6.00. The molecule has 0 aliphatic rings. The highest BCUT2D eigenvalue weighted by Crippen LogP contribution is 2.28. The van der Waals surface area contributed by atoms with E-state index >= 15 is 0 Å². The Kier molecular flexibility index (Phi) is 4.93. The van der Waals surface area contributed by atoms with Crippen molar-refractivity contribution in [2.24, 2.45) is 5.92 Å². The average molecular weight is 305 g/mol. The van der Waals surface area contributed by atoms with Gasteiger partial charge in [-0.3, -0.25) is 0 Å². The van der Waals surface area contributed by atoms with E-state index in [1.807, 2.05) is 13.8 Å². The first-order valence-electron chi connectivity index (χ1n) is 5.27. The number of carboxylic acids is 1. The van der Waals surface area contributed by atoms with Crippen LogP contribution in [0.15, 0.2) is 16.6 Å². The fourth-order valence-corrected chi connectivity index (χ4v) is 1.71. The first kappa shape index (κ1) is 14.0. The van der Waals surface area contributed by atoms with Gasteiger partial charge in [-0.25, -0.2) is 9.18 Å². The molecule has 0 aliphatic heterocycles. The summed E-state index contributed by atoms with van der Waals surface area (Å²) in [5.41, 5.74) is -0.112. The molecule has 0 unspecified atom stereocenters. The molecule has 3 nitrogen and oxygen atoms in total. The van der Waals surface area contributed by atoms with E-state index in [9.17, 15) is 9.18 Å². The number of carboxylic acid groups (broad SMARTS) is 1. The smallest absolute Gasteiger partial charge is 0.336 e. The lowest BCUT2D eigenvalue weighted by atomic mass is 10.1. The van der Waals surface area contributed by atoms with Gasteiger partial charge in [0.25, 0.3) is 0 Å². The van der Waals surface area contributed by atoms with Gasteiger partial charge < -0.3 is 9.84 Å². The third-order valence-corrected chi connectivity index (χ3v) is 3.01. The number of hydrogen-bond acceptors (Lipinski definition) is 2. The van der Waals surface area contributed by atoms with Crippen LogP contribution in [0.3, 0.4) is 0 Å². The molecule has 5 heteroatoms. The zero-order chi connectivity index (χ0) is 13.0. The van der Waals surface area contributed by atoms with E-state index in [0.717, 1.165) is 6.42 Å². The van der Waals surface area contributed by atoms with Crippen molar-refractivity contribution in [3.8, 4) is 5.75 Å². The van der Waals surface area contributed by atoms with Gasteiger partial charge in [0, 0.05) is 0 Å². The second-order valence-electron chi connectivity index (χ2n) is 4.08. The van der Waals surface area contributed by atoms with Crippen molar-refractivity contribution in [2.45, 2.75) is 20.3 Å². The van der Waals surface area contributed by atoms with Crippen molar-refractivity contribution in [1.29, 1.82) is 0 Å². The van der Waals surface area contributed by atoms with Crippen LogP contribution >= 0.6 is 15.9 Å². The monoisotopic (exact) mass is 304 g/mol. The van der Waals surface area contributed by atoms with E-state index in [1.165, 1.54) is 12.1 Å². The maximum Gasteiger partial charge on any atom is 0.336 e. The van der Waals surface area contributed by atoms with Crippen molar-refractivity contribution in [3.63, 3.8) is 0 Å². The van der Waals surface area contributed by atoms with Crippen molar-refractivity contribution in [3.05, 3.63) is 28.0 Å². The summed E-state index contributed by atoms with van der Waals surface area (Å²) in [6.45, 7) is 4.50. The number of halogens is 2. The first-order valence-corrected chi connectivity index (χ1v) is 6.07. The summed E-state index contributed by atoms with van der Waals surface area (Å²) >= 11 is 2.92. The van der Waals surface area contributed by atoms with Gasteiger partial charge in [-0.2, -0.15) is 0 Å². The summed E-state index contributed by atoms with van der Waals surface area (Å²) in [7, 11) is 0. The van der Waals surface area contributed by atoms with Gasteiger partial charge in [-0.05, 0) is 40.4 Å². The Morgan fingerprint density at radius 1 is 1.53 bits per heavy atom. The maximum absolute atomic E-state index is 13.7. The molecular formula is C12H14BrFO3. The van der Waals surface area contributed by atoms with Crippen LogP contribution < -0.4 is 4.74 Å². The summed E-state index contributed by atoms with van der Waals surface area (Å²) in [6.07, 6.45) is 0.817.